The van der Waals surface area contributed by atoms with E-state index in [1.165, 1.54) is 0 Å². The van der Waals surface area contributed by atoms with Gasteiger partial charge in [0, 0.05) is 18.4 Å². The molecule has 0 saturated carbocycles. The number of hydrogen-bond acceptors (Lipinski definition) is 3. The first-order valence-corrected chi connectivity index (χ1v) is 6.98. The minimum Gasteiger partial charge on any atom is -0.291 e. The van der Waals surface area contributed by atoms with Crippen LogP contribution in [0.25, 0.3) is 0 Å². The van der Waals surface area contributed by atoms with Crippen molar-refractivity contribution < 1.29 is 0 Å². The molecule has 0 bridgehead atoms. The Balaban J connectivity index is 2.48. The number of nitrogens with zero attached hydrogens (tertiary/aromatic N) is 4. The fourth-order valence-corrected chi connectivity index (χ4v) is 2.85. The maximum absolute atomic E-state index is 12.0. The molecule has 0 radical (unpaired) electrons. The number of hydrogen-bond donors (Lipinski definition) is 0. The molecule has 2 aromatic heterocycles. The van der Waals surface area contributed by atoms with E-state index in [0.29, 0.717) is 6.54 Å². The second kappa shape index (κ2) is 5.28. The van der Waals surface area contributed by atoms with Crippen molar-refractivity contribution in [1.82, 2.24) is 19.3 Å². The maximum atomic E-state index is 12.0. The van der Waals surface area contributed by atoms with Crippen LogP contribution in [0.3, 0.4) is 0 Å². The Labute approximate surface area is 120 Å². The maximum Gasteiger partial charge on any atom is 0.348 e. The van der Waals surface area contributed by atoms with Gasteiger partial charge in [-0.05, 0) is 42.3 Å². The van der Waals surface area contributed by atoms with Crippen molar-refractivity contribution in [1.29, 1.82) is 0 Å². The van der Waals surface area contributed by atoms with Crippen molar-refractivity contribution in [2.75, 3.05) is 0 Å². The molecule has 0 unspecified atom stereocenters. The van der Waals surface area contributed by atoms with Crippen LogP contribution in [-0.2, 0) is 20.0 Å². The molecule has 0 aliphatic heterocycles. The predicted molar refractivity (Wildman–Crippen MR) is 77.4 cm³/mol. The zero-order chi connectivity index (χ0) is 14.2. The van der Waals surface area contributed by atoms with Gasteiger partial charge in [0.15, 0.2) is 0 Å². The number of rotatable bonds is 3. The van der Waals surface area contributed by atoms with Gasteiger partial charge in [-0.15, -0.1) is 0 Å². The van der Waals surface area contributed by atoms with Gasteiger partial charge >= 0.3 is 5.69 Å². The van der Waals surface area contributed by atoms with E-state index in [4.69, 9.17) is 0 Å². The molecule has 6 heteroatoms. The summed E-state index contributed by atoms with van der Waals surface area (Å²) in [6.07, 6.45) is 0.856. The fourth-order valence-electron chi connectivity index (χ4n) is 2.11. The Morgan fingerprint density at radius 3 is 2.58 bits per heavy atom. The van der Waals surface area contributed by atoms with Gasteiger partial charge in [0.05, 0.1) is 22.4 Å². The topological polar surface area (TPSA) is 52.7 Å². The van der Waals surface area contributed by atoms with Crippen molar-refractivity contribution in [2.45, 2.75) is 33.7 Å². The fraction of sp³-hybridized carbons (Fsp3) is 0.462. The standard InChI is InChI=1S/C13H17BrN4O/c1-5-10-12(14)11(17(4)16-10)7-18-9(3)6-8(2)15-13(18)19/h6H,5,7H2,1-4H3. The van der Waals surface area contributed by atoms with Crippen molar-refractivity contribution >= 4 is 15.9 Å². The molecule has 0 aliphatic rings. The Kier molecular flexibility index (Phi) is 3.89. The van der Waals surface area contributed by atoms with Crippen LogP contribution >= 0.6 is 15.9 Å². The molecule has 0 aromatic carbocycles. The molecule has 0 saturated heterocycles. The summed E-state index contributed by atoms with van der Waals surface area (Å²) in [6, 6.07) is 1.91. The van der Waals surface area contributed by atoms with E-state index in [2.05, 4.69) is 32.9 Å². The van der Waals surface area contributed by atoms with Crippen LogP contribution in [0.2, 0.25) is 0 Å². The third kappa shape index (κ3) is 2.63. The summed E-state index contributed by atoms with van der Waals surface area (Å²) in [7, 11) is 1.89. The molecule has 102 valence electrons. The minimum atomic E-state index is -0.219. The molecule has 0 spiro atoms. The van der Waals surface area contributed by atoms with E-state index < -0.39 is 0 Å². The highest BCUT2D eigenvalue weighted by molar-refractivity contribution is 9.10. The van der Waals surface area contributed by atoms with Gasteiger partial charge in [0.25, 0.3) is 0 Å². The first-order chi connectivity index (χ1) is 8.93. The van der Waals surface area contributed by atoms with E-state index in [9.17, 15) is 4.79 Å². The third-order valence-electron chi connectivity index (χ3n) is 3.16. The van der Waals surface area contributed by atoms with Crippen LogP contribution < -0.4 is 5.69 Å². The van der Waals surface area contributed by atoms with E-state index in [0.717, 1.165) is 33.7 Å². The van der Waals surface area contributed by atoms with Crippen LogP contribution in [0.15, 0.2) is 15.3 Å². The summed E-state index contributed by atoms with van der Waals surface area (Å²) in [4.78, 5) is 16.0. The van der Waals surface area contributed by atoms with E-state index in [-0.39, 0.29) is 5.69 Å². The van der Waals surface area contributed by atoms with Crippen molar-refractivity contribution in [3.8, 4) is 0 Å². The van der Waals surface area contributed by atoms with Gasteiger partial charge in [-0.3, -0.25) is 9.25 Å². The van der Waals surface area contributed by atoms with Crippen molar-refractivity contribution in [2.24, 2.45) is 7.05 Å². The molecular weight excluding hydrogens is 308 g/mol. The number of aryl methyl sites for hydroxylation is 4. The van der Waals surface area contributed by atoms with Gasteiger partial charge in [0.1, 0.15) is 0 Å². The smallest absolute Gasteiger partial charge is 0.291 e. The predicted octanol–water partition coefficient (Wildman–Crippen LogP) is 1.97. The number of halogens is 1. The summed E-state index contributed by atoms with van der Waals surface area (Å²) < 4.78 is 4.45. The molecule has 0 atom stereocenters. The SMILES string of the molecule is CCc1nn(C)c(Cn2c(C)cc(C)nc2=O)c1Br. The highest BCUT2D eigenvalue weighted by atomic mass is 79.9. The molecule has 0 N–H and O–H groups in total. The summed E-state index contributed by atoms with van der Waals surface area (Å²) in [5.74, 6) is 0. The lowest BCUT2D eigenvalue weighted by Gasteiger charge is -2.10. The quantitative estimate of drug-likeness (QED) is 0.867. The zero-order valence-electron chi connectivity index (χ0n) is 11.6. The minimum absolute atomic E-state index is 0.219. The van der Waals surface area contributed by atoms with Crippen LogP contribution in [0.5, 0.6) is 0 Å². The second-order valence-corrected chi connectivity index (χ2v) is 5.39. The molecule has 5 nitrogen and oxygen atoms in total. The van der Waals surface area contributed by atoms with Crippen molar-refractivity contribution in [3.63, 3.8) is 0 Å². The van der Waals surface area contributed by atoms with Crippen LogP contribution in [0, 0.1) is 13.8 Å². The van der Waals surface area contributed by atoms with E-state index >= 15 is 0 Å². The lowest BCUT2D eigenvalue weighted by atomic mass is 10.3. The van der Waals surface area contributed by atoms with Gasteiger partial charge < -0.3 is 0 Å². The monoisotopic (exact) mass is 324 g/mol. The summed E-state index contributed by atoms with van der Waals surface area (Å²) >= 11 is 3.56. The first kappa shape index (κ1) is 14.0. The largest absolute Gasteiger partial charge is 0.348 e. The summed E-state index contributed by atoms with van der Waals surface area (Å²) in [5.41, 5.74) is 3.42. The molecule has 2 aromatic rings. The van der Waals surface area contributed by atoms with E-state index in [1.54, 1.807) is 4.57 Å². The third-order valence-corrected chi connectivity index (χ3v) is 4.07. The lowest BCUT2D eigenvalue weighted by Crippen LogP contribution is -2.27. The average molecular weight is 325 g/mol. The van der Waals surface area contributed by atoms with Crippen molar-refractivity contribution in [3.05, 3.63) is 43.8 Å². The second-order valence-electron chi connectivity index (χ2n) is 4.59. The lowest BCUT2D eigenvalue weighted by molar-refractivity contribution is 0.623. The Morgan fingerprint density at radius 2 is 2.05 bits per heavy atom. The zero-order valence-corrected chi connectivity index (χ0v) is 13.2. The Morgan fingerprint density at radius 1 is 1.37 bits per heavy atom. The average Bonchev–Trinajstić information content (AvgIpc) is 2.59. The summed E-state index contributed by atoms with van der Waals surface area (Å²) in [6.45, 7) is 6.28. The van der Waals surface area contributed by atoms with Crippen LogP contribution in [-0.4, -0.2) is 19.3 Å². The van der Waals surface area contributed by atoms with Gasteiger partial charge in [-0.25, -0.2) is 4.79 Å². The molecular formula is C13H17BrN4O. The van der Waals surface area contributed by atoms with Crippen LogP contribution in [0.1, 0.15) is 29.7 Å². The van der Waals surface area contributed by atoms with E-state index in [1.807, 2.05) is 31.6 Å². The van der Waals surface area contributed by atoms with Crippen LogP contribution in [0.4, 0.5) is 0 Å². The molecule has 2 heterocycles. The number of aromatic nitrogens is 4. The van der Waals surface area contributed by atoms with Gasteiger partial charge in [-0.1, -0.05) is 6.92 Å². The van der Waals surface area contributed by atoms with Gasteiger partial charge in [0.2, 0.25) is 0 Å². The van der Waals surface area contributed by atoms with Gasteiger partial charge in [-0.2, -0.15) is 10.1 Å². The molecule has 0 fully saturated rings. The molecule has 0 aliphatic carbocycles. The molecule has 0 amide bonds. The molecule has 19 heavy (non-hydrogen) atoms. The highest BCUT2D eigenvalue weighted by Gasteiger charge is 2.14. The first-order valence-electron chi connectivity index (χ1n) is 6.19. The highest BCUT2D eigenvalue weighted by Crippen LogP contribution is 2.22. The molecule has 2 rings (SSSR count). The summed E-state index contributed by atoms with van der Waals surface area (Å²) in [5, 5.41) is 4.44. The Hall–Kier alpha value is -1.43. The Bertz CT molecular complexity index is 672. The normalized spacial score (nSPS) is 11.0.